The van der Waals surface area contributed by atoms with Crippen molar-refractivity contribution in [3.63, 3.8) is 0 Å². The molecule has 0 amide bonds. The second kappa shape index (κ2) is 21.8. The number of aromatic amines is 2. The third-order valence-corrected chi connectivity index (χ3v) is 15.2. The van der Waals surface area contributed by atoms with E-state index in [1.807, 2.05) is 19.9 Å². The van der Waals surface area contributed by atoms with Crippen LogP contribution in [0.4, 0.5) is 0 Å². The average molecular weight is 893 g/mol. The number of hydrogen-bond donors (Lipinski definition) is 5. The lowest BCUT2D eigenvalue weighted by Gasteiger charge is -2.19. The average Bonchev–Trinajstić information content (AvgIpc) is 4.00. The van der Waals surface area contributed by atoms with Crippen molar-refractivity contribution in [2.24, 2.45) is 47.3 Å². The van der Waals surface area contributed by atoms with E-state index in [4.69, 9.17) is 9.47 Å². The van der Waals surface area contributed by atoms with Crippen molar-refractivity contribution in [1.82, 2.24) is 20.6 Å². The maximum Gasteiger partial charge on any atom is 0.321 e. The van der Waals surface area contributed by atoms with Gasteiger partial charge in [-0.1, -0.05) is 99.0 Å². The lowest BCUT2D eigenvalue weighted by atomic mass is 9.85. The van der Waals surface area contributed by atoms with Crippen LogP contribution in [-0.2, 0) is 19.1 Å². The number of ether oxygens (including phenoxy) is 2. The number of aliphatic hydroxyl groups excluding tert-OH is 1. The van der Waals surface area contributed by atoms with Gasteiger partial charge in [-0.2, -0.15) is 0 Å². The summed E-state index contributed by atoms with van der Waals surface area (Å²) in [4.78, 5) is 48.8. The van der Waals surface area contributed by atoms with Crippen LogP contribution in [0.25, 0.3) is 23.8 Å². The van der Waals surface area contributed by atoms with E-state index < -0.39 is 18.0 Å². The van der Waals surface area contributed by atoms with Crippen LogP contribution in [0.3, 0.4) is 0 Å². The van der Waals surface area contributed by atoms with Crippen molar-refractivity contribution in [3.05, 3.63) is 79.5 Å². The fourth-order valence-corrected chi connectivity index (χ4v) is 11.1. The molecule has 10 heteroatoms. The third kappa shape index (κ3) is 11.2. The molecule has 65 heavy (non-hydrogen) atoms. The maximum absolute atomic E-state index is 14.4. The molecular weight excluding hydrogens is 813 g/mol. The Bertz CT molecular complexity index is 2230. The van der Waals surface area contributed by atoms with Crippen LogP contribution in [0.1, 0.15) is 195 Å². The molecule has 356 valence electrons. The molecular formula is C55H80N4O6. The minimum absolute atomic E-state index is 0.124. The Morgan fingerprint density at radius 1 is 0.785 bits per heavy atom. The van der Waals surface area contributed by atoms with E-state index in [1.54, 1.807) is 6.92 Å². The van der Waals surface area contributed by atoms with Crippen molar-refractivity contribution in [2.75, 3.05) is 13.7 Å². The van der Waals surface area contributed by atoms with Crippen LogP contribution in [0.15, 0.2) is 34.4 Å². The number of aromatic nitrogens is 2. The summed E-state index contributed by atoms with van der Waals surface area (Å²) in [7, 11) is 1.32. The molecule has 2 saturated heterocycles. The number of allylic oxidation sites excluding steroid dienone is 5. The number of esters is 2. The van der Waals surface area contributed by atoms with E-state index >= 15 is 0 Å². The normalized spacial score (nSPS) is 26.4. The number of H-pyrrole nitrogens is 2. The molecule has 2 aromatic heterocycles. The predicted molar refractivity (Wildman–Crippen MR) is 263 cm³/mol. The quantitative estimate of drug-likeness (QED) is 0.0502. The standard InChI is InChI=1S/C55H80N4O6/c1-13-39-34(7)41-29-46-48(38(11)60)36(9)43(57-46)27-42-35(8)40(52(58-42)50-51(55(63)64-12)54(62)49-37(10)44(59-53(49)50)28-45(39)56-41)23-24-47(61)65-26-25-33(6)22-16-21-32(5)20-15-19-31(4)18-14-17-30(2)3/h25,27-32,34-35,38-40,51,56-60H,13-24,26H2,1-12H3/b33-25+,41-29-,42-27-,45-28-,52-50-/t31-,32+,34-,35+,38-,39-,40+,51-/m1/s1. The number of ketones is 1. The lowest BCUT2D eigenvalue weighted by Crippen LogP contribution is -2.25. The molecule has 0 saturated carbocycles. The van der Waals surface area contributed by atoms with E-state index in [2.05, 4.69) is 94.2 Å². The van der Waals surface area contributed by atoms with E-state index in [1.165, 1.54) is 57.6 Å². The summed E-state index contributed by atoms with van der Waals surface area (Å²) >= 11 is 0. The van der Waals surface area contributed by atoms with Crippen LogP contribution in [0.2, 0.25) is 0 Å². The Morgan fingerprint density at radius 2 is 1.38 bits per heavy atom. The molecule has 0 radical (unpaired) electrons. The Labute approximate surface area is 389 Å². The number of nitrogens with one attached hydrogen (secondary N) is 4. The maximum atomic E-state index is 14.4. The second-order valence-electron chi connectivity index (χ2n) is 20.6. The fourth-order valence-electron chi connectivity index (χ4n) is 11.1. The topological polar surface area (TPSA) is 146 Å². The summed E-state index contributed by atoms with van der Waals surface area (Å²) in [6, 6.07) is 0. The first-order chi connectivity index (χ1) is 30.9. The Balaban J connectivity index is 1.21. The largest absolute Gasteiger partial charge is 0.468 e. The van der Waals surface area contributed by atoms with Crippen molar-refractivity contribution >= 4 is 41.5 Å². The van der Waals surface area contributed by atoms with Gasteiger partial charge in [-0.05, 0) is 107 Å². The third-order valence-electron chi connectivity index (χ3n) is 15.2. The highest BCUT2D eigenvalue weighted by atomic mass is 16.5. The Kier molecular flexibility index (Phi) is 16.7. The molecule has 0 unspecified atom stereocenters. The Morgan fingerprint density at radius 3 is 2.03 bits per heavy atom. The van der Waals surface area contributed by atoms with Gasteiger partial charge in [-0.15, -0.1) is 0 Å². The highest BCUT2D eigenvalue weighted by Gasteiger charge is 2.49. The SMILES string of the molecule is CC[C@H]1/C2=C/c3[nH]c4c(c3C)C(=O)[C@H](C(=O)OC)/C4=C3/N/C(=C\c4[nH]c(c([C@@H](C)O)c4C)/C=C(\N2)[C@@H]1C)[C@@H](C)[C@@H]3CCC(=O)OC/C=C(\C)CCC[C@@H](C)CCC[C@H](C)CCCC(C)C. The van der Waals surface area contributed by atoms with Crippen LogP contribution in [0.5, 0.6) is 0 Å². The lowest BCUT2D eigenvalue weighted by molar-refractivity contribution is -0.143. The minimum Gasteiger partial charge on any atom is -0.468 e. The molecule has 10 nitrogen and oxygen atoms in total. The molecule has 0 spiro atoms. The van der Waals surface area contributed by atoms with Crippen LogP contribution in [0, 0.1) is 61.2 Å². The first-order valence-electron chi connectivity index (χ1n) is 24.9. The molecule has 2 fully saturated rings. The van der Waals surface area contributed by atoms with Gasteiger partial charge in [0.15, 0.2) is 5.78 Å². The van der Waals surface area contributed by atoms with Crippen LogP contribution < -0.4 is 10.6 Å². The summed E-state index contributed by atoms with van der Waals surface area (Å²) in [6.45, 7) is 24.0. The van der Waals surface area contributed by atoms with E-state index in [9.17, 15) is 19.5 Å². The van der Waals surface area contributed by atoms with Gasteiger partial charge in [0.05, 0.1) is 18.9 Å². The number of carbonyl (C=O) groups is 3. The minimum atomic E-state index is -1.16. The smallest absolute Gasteiger partial charge is 0.321 e. The highest BCUT2D eigenvalue weighted by molar-refractivity contribution is 6.24. The number of fused-ring (bicyclic) bond motifs is 7. The number of aliphatic hydroxyl groups is 1. The van der Waals surface area contributed by atoms with Crippen molar-refractivity contribution in [1.29, 1.82) is 0 Å². The van der Waals surface area contributed by atoms with Gasteiger partial charge in [0.25, 0.3) is 0 Å². The van der Waals surface area contributed by atoms with Crippen molar-refractivity contribution in [3.8, 4) is 0 Å². The Hall–Kier alpha value is -4.57. The highest BCUT2D eigenvalue weighted by Crippen LogP contribution is 2.49. The fraction of sp³-hybridized carbons (Fsp3) is 0.618. The van der Waals surface area contributed by atoms with Gasteiger partial charge in [-0.25, -0.2) is 0 Å². The number of rotatable bonds is 20. The molecule has 8 bridgehead atoms. The van der Waals surface area contributed by atoms with Gasteiger partial charge >= 0.3 is 11.9 Å². The van der Waals surface area contributed by atoms with Crippen molar-refractivity contribution in [2.45, 2.75) is 159 Å². The molecule has 8 atom stereocenters. The number of hydrogen-bond acceptors (Lipinski definition) is 8. The zero-order valence-corrected chi connectivity index (χ0v) is 41.7. The summed E-state index contributed by atoms with van der Waals surface area (Å²) in [5.74, 6) is -0.0117. The molecule has 0 aromatic carbocycles. The molecule has 2 aromatic rings. The van der Waals surface area contributed by atoms with Gasteiger partial charge in [0, 0.05) is 86.7 Å². The van der Waals surface area contributed by atoms with Gasteiger partial charge in [-0.3, -0.25) is 14.4 Å². The number of methoxy groups -OCH3 is 1. The van der Waals surface area contributed by atoms with E-state index in [0.717, 1.165) is 87.7 Å². The molecule has 5 heterocycles. The first-order valence-corrected chi connectivity index (χ1v) is 24.9. The zero-order valence-electron chi connectivity index (χ0n) is 41.7. The van der Waals surface area contributed by atoms with E-state index in [-0.39, 0.29) is 48.5 Å². The van der Waals surface area contributed by atoms with Crippen LogP contribution in [-0.4, -0.2) is 46.5 Å². The van der Waals surface area contributed by atoms with E-state index in [0.29, 0.717) is 29.2 Å². The monoisotopic (exact) mass is 893 g/mol. The molecule has 1 aliphatic carbocycles. The van der Waals surface area contributed by atoms with Gasteiger partial charge < -0.3 is 35.2 Å². The van der Waals surface area contributed by atoms with Gasteiger partial charge in [0.2, 0.25) is 0 Å². The molecule has 4 aliphatic rings. The number of carbonyl (C=O) groups excluding carboxylic acids is 3. The molecule has 5 N–H and O–H groups in total. The van der Waals surface area contributed by atoms with Crippen LogP contribution >= 0.6 is 0 Å². The predicted octanol–water partition coefficient (Wildman–Crippen LogP) is 12.3. The first kappa shape index (κ1) is 49.9. The number of Topliss-reactive ketones (excluding diaryl/α,β-unsaturated/α-hetero) is 1. The summed E-state index contributed by atoms with van der Waals surface area (Å²) in [6.07, 6.45) is 20.4. The second-order valence-corrected chi connectivity index (χ2v) is 20.6. The summed E-state index contributed by atoms with van der Waals surface area (Å²) < 4.78 is 11.1. The van der Waals surface area contributed by atoms with Gasteiger partial charge in [0.1, 0.15) is 12.5 Å². The zero-order chi connectivity index (χ0) is 47.3. The summed E-state index contributed by atoms with van der Waals surface area (Å²) in [5.41, 5.74) is 11.7. The molecule has 6 rings (SSSR count). The molecule has 3 aliphatic heterocycles. The summed E-state index contributed by atoms with van der Waals surface area (Å²) in [5, 5.41) is 18.5. The van der Waals surface area contributed by atoms with Crippen molar-refractivity contribution < 1.29 is 29.0 Å².